The summed E-state index contributed by atoms with van der Waals surface area (Å²) in [7, 11) is 0. The van der Waals surface area contributed by atoms with Gasteiger partial charge in [-0.2, -0.15) is 0 Å². The summed E-state index contributed by atoms with van der Waals surface area (Å²) in [5, 5.41) is 0. The molecule has 11 heavy (non-hydrogen) atoms. The SMILES string of the molecule is CCOCc1ccccc1.[Ca+2].[H-].[H-]. The Morgan fingerprint density at radius 1 is 1.27 bits per heavy atom. The Labute approximate surface area is 101 Å². The van der Waals surface area contributed by atoms with Crippen LogP contribution in [0.1, 0.15) is 15.3 Å². The van der Waals surface area contributed by atoms with E-state index in [1.165, 1.54) is 5.56 Å². The molecule has 1 aromatic rings. The third kappa shape index (κ3) is 4.81. The Bertz CT molecular complexity index is 182. The summed E-state index contributed by atoms with van der Waals surface area (Å²) in [6, 6.07) is 10.2. The van der Waals surface area contributed by atoms with Crippen LogP contribution >= 0.6 is 0 Å². The van der Waals surface area contributed by atoms with E-state index in [4.69, 9.17) is 4.74 Å². The summed E-state index contributed by atoms with van der Waals surface area (Å²) < 4.78 is 5.22. The monoisotopic (exact) mass is 178 g/mol. The van der Waals surface area contributed by atoms with Gasteiger partial charge in [-0.25, -0.2) is 0 Å². The van der Waals surface area contributed by atoms with Crippen molar-refractivity contribution in [1.82, 2.24) is 0 Å². The van der Waals surface area contributed by atoms with Crippen molar-refractivity contribution in [2.75, 3.05) is 6.61 Å². The molecule has 1 rings (SSSR count). The standard InChI is InChI=1S/C9H12O.Ca.2H/c1-2-10-8-9-6-4-3-5-7-9;;;/h3-7H,2,8H2,1H3;;;/q;+2;2*-1. The van der Waals surface area contributed by atoms with Crippen molar-refractivity contribution in [3.63, 3.8) is 0 Å². The normalized spacial score (nSPS) is 8.82. The zero-order chi connectivity index (χ0) is 7.23. The second kappa shape index (κ2) is 7.11. The quantitative estimate of drug-likeness (QED) is 0.644. The molecule has 2 heteroatoms. The zero-order valence-electron chi connectivity index (χ0n) is 8.92. The first kappa shape index (κ1) is 11.4. The number of benzene rings is 1. The van der Waals surface area contributed by atoms with E-state index in [2.05, 4.69) is 12.1 Å². The molecule has 0 N–H and O–H groups in total. The smallest absolute Gasteiger partial charge is 1.00 e. The van der Waals surface area contributed by atoms with E-state index in [1.807, 2.05) is 25.1 Å². The summed E-state index contributed by atoms with van der Waals surface area (Å²) >= 11 is 0. The van der Waals surface area contributed by atoms with E-state index in [0.29, 0.717) is 0 Å². The fourth-order valence-corrected chi connectivity index (χ4v) is 0.794. The summed E-state index contributed by atoms with van der Waals surface area (Å²) in [5.74, 6) is 0. The van der Waals surface area contributed by atoms with Gasteiger partial charge in [-0.05, 0) is 12.5 Å². The van der Waals surface area contributed by atoms with Crippen molar-refractivity contribution < 1.29 is 7.59 Å². The molecule has 0 saturated carbocycles. The Hall–Kier alpha value is 0.440. The molecular weight excluding hydrogens is 164 g/mol. The molecule has 58 valence electrons. The summed E-state index contributed by atoms with van der Waals surface area (Å²) in [4.78, 5) is 0. The summed E-state index contributed by atoms with van der Waals surface area (Å²) in [5.41, 5.74) is 1.24. The van der Waals surface area contributed by atoms with E-state index in [0.717, 1.165) is 13.2 Å². The van der Waals surface area contributed by atoms with Gasteiger partial charge in [0.15, 0.2) is 0 Å². The molecule has 0 unspecified atom stereocenters. The number of hydrogen-bond donors (Lipinski definition) is 0. The average Bonchev–Trinajstić information content (AvgIpc) is 2.03. The minimum Gasteiger partial charge on any atom is -1.00 e. The van der Waals surface area contributed by atoms with Crippen LogP contribution in [0.15, 0.2) is 30.3 Å². The molecule has 0 radical (unpaired) electrons. The molecule has 0 aliphatic carbocycles. The van der Waals surface area contributed by atoms with E-state index >= 15 is 0 Å². The van der Waals surface area contributed by atoms with Crippen molar-refractivity contribution in [2.45, 2.75) is 13.5 Å². The molecule has 0 spiro atoms. The van der Waals surface area contributed by atoms with E-state index in [9.17, 15) is 0 Å². The predicted molar refractivity (Wildman–Crippen MR) is 49.8 cm³/mol. The first-order valence-corrected chi connectivity index (χ1v) is 3.55. The van der Waals surface area contributed by atoms with Gasteiger partial charge in [0.2, 0.25) is 0 Å². The molecule has 1 nitrogen and oxygen atoms in total. The van der Waals surface area contributed by atoms with Crippen LogP contribution in [-0.2, 0) is 11.3 Å². The molecule has 0 heterocycles. The van der Waals surface area contributed by atoms with Gasteiger partial charge < -0.3 is 7.59 Å². The minimum absolute atomic E-state index is 0. The Morgan fingerprint density at radius 3 is 2.45 bits per heavy atom. The molecular formula is C9H14CaO. The third-order valence-electron chi connectivity index (χ3n) is 1.32. The summed E-state index contributed by atoms with van der Waals surface area (Å²) in [6.07, 6.45) is 0. The number of hydrogen-bond acceptors (Lipinski definition) is 1. The average molecular weight is 178 g/mol. The molecule has 0 bridgehead atoms. The molecule has 0 atom stereocenters. The van der Waals surface area contributed by atoms with Crippen LogP contribution in [0.5, 0.6) is 0 Å². The van der Waals surface area contributed by atoms with E-state index in [1.54, 1.807) is 0 Å². The Kier molecular flexibility index (Phi) is 7.39. The van der Waals surface area contributed by atoms with Crippen molar-refractivity contribution in [1.29, 1.82) is 0 Å². The van der Waals surface area contributed by atoms with Gasteiger partial charge in [-0.3, -0.25) is 0 Å². The molecule has 0 saturated heterocycles. The van der Waals surface area contributed by atoms with Crippen LogP contribution < -0.4 is 0 Å². The maximum Gasteiger partial charge on any atom is 2.00 e. The van der Waals surface area contributed by atoms with Gasteiger partial charge >= 0.3 is 37.7 Å². The van der Waals surface area contributed by atoms with Gasteiger partial charge in [0.1, 0.15) is 0 Å². The zero-order valence-corrected chi connectivity index (χ0v) is 9.12. The minimum atomic E-state index is 0. The molecule has 0 aliphatic rings. The van der Waals surface area contributed by atoms with Crippen molar-refractivity contribution in [3.05, 3.63) is 35.9 Å². The predicted octanol–water partition coefficient (Wildman–Crippen LogP) is 2.07. The molecule has 0 aliphatic heterocycles. The topological polar surface area (TPSA) is 9.23 Å². The second-order valence-electron chi connectivity index (χ2n) is 2.12. The van der Waals surface area contributed by atoms with Crippen molar-refractivity contribution in [2.24, 2.45) is 0 Å². The number of rotatable bonds is 3. The maximum atomic E-state index is 5.22. The van der Waals surface area contributed by atoms with Crippen LogP contribution in [0.2, 0.25) is 0 Å². The van der Waals surface area contributed by atoms with E-state index in [-0.39, 0.29) is 40.6 Å². The first-order chi connectivity index (χ1) is 4.93. The fourth-order valence-electron chi connectivity index (χ4n) is 0.794. The third-order valence-corrected chi connectivity index (χ3v) is 1.32. The molecule has 0 aromatic heterocycles. The van der Waals surface area contributed by atoms with E-state index < -0.39 is 0 Å². The molecule has 1 aromatic carbocycles. The Balaban J connectivity index is -0.000000333. The van der Waals surface area contributed by atoms with Crippen molar-refractivity contribution >= 4 is 37.7 Å². The summed E-state index contributed by atoms with van der Waals surface area (Å²) in [6.45, 7) is 3.52. The number of ether oxygens (including phenoxy) is 1. The van der Waals surface area contributed by atoms with Crippen LogP contribution in [0.3, 0.4) is 0 Å². The van der Waals surface area contributed by atoms with Gasteiger partial charge in [-0.1, -0.05) is 30.3 Å². The molecule has 0 fully saturated rings. The van der Waals surface area contributed by atoms with Crippen LogP contribution in [0, 0.1) is 0 Å². The van der Waals surface area contributed by atoms with Crippen molar-refractivity contribution in [3.8, 4) is 0 Å². The van der Waals surface area contributed by atoms with Gasteiger partial charge in [0.05, 0.1) is 6.61 Å². The van der Waals surface area contributed by atoms with Crippen LogP contribution in [0.25, 0.3) is 0 Å². The second-order valence-corrected chi connectivity index (χ2v) is 2.12. The van der Waals surface area contributed by atoms with Gasteiger partial charge in [0.25, 0.3) is 0 Å². The fraction of sp³-hybridized carbons (Fsp3) is 0.333. The van der Waals surface area contributed by atoms with Crippen LogP contribution in [0.4, 0.5) is 0 Å². The first-order valence-electron chi connectivity index (χ1n) is 3.55. The van der Waals surface area contributed by atoms with Gasteiger partial charge in [-0.15, -0.1) is 0 Å². The van der Waals surface area contributed by atoms with Crippen LogP contribution in [-0.4, -0.2) is 44.3 Å². The largest absolute Gasteiger partial charge is 2.00 e. The van der Waals surface area contributed by atoms with Gasteiger partial charge in [0, 0.05) is 6.61 Å². The Morgan fingerprint density at radius 2 is 1.91 bits per heavy atom. The molecule has 0 amide bonds. The maximum absolute atomic E-state index is 5.22.